The van der Waals surface area contributed by atoms with E-state index in [1.165, 1.54) is 83.5 Å². The average Bonchev–Trinajstić information content (AvgIpc) is 2.65. The van der Waals surface area contributed by atoms with E-state index in [2.05, 4.69) is 18.7 Å². The van der Waals surface area contributed by atoms with Gasteiger partial charge < -0.3 is 23.8 Å². The Kier molecular flexibility index (Phi) is 27.1. The first-order chi connectivity index (χ1) is 13.5. The zero-order valence-electron chi connectivity index (χ0n) is 19.3. The molecule has 8 heteroatoms. The van der Waals surface area contributed by atoms with Gasteiger partial charge in [0.15, 0.2) is 0 Å². The molecule has 29 heavy (non-hydrogen) atoms. The Morgan fingerprint density at radius 2 is 1.14 bits per heavy atom. The van der Waals surface area contributed by atoms with Crippen LogP contribution in [0.15, 0.2) is 0 Å². The van der Waals surface area contributed by atoms with E-state index in [0.717, 1.165) is 12.8 Å². The first kappa shape index (κ1) is 32.6. The number of rotatable bonds is 22. The van der Waals surface area contributed by atoms with E-state index in [-0.39, 0.29) is 42.3 Å². The fourth-order valence-corrected chi connectivity index (χ4v) is 3.78. The van der Waals surface area contributed by atoms with Crippen LogP contribution in [0.4, 0.5) is 0 Å². The van der Waals surface area contributed by atoms with Gasteiger partial charge in [-0.05, 0) is 18.2 Å². The topological polar surface area (TPSA) is 68.2 Å². The third kappa shape index (κ3) is 27.4. The number of ether oxygens (including phenoxy) is 2. The quantitative estimate of drug-likeness (QED) is 0.146. The van der Waals surface area contributed by atoms with Crippen LogP contribution >= 0.6 is 6.72 Å². The van der Waals surface area contributed by atoms with Gasteiger partial charge in [0.1, 0.15) is 6.10 Å². The van der Waals surface area contributed by atoms with Gasteiger partial charge in [-0.15, -0.1) is 0 Å². The minimum Gasteiger partial charge on any atom is -0.382 e. The van der Waals surface area contributed by atoms with Crippen molar-refractivity contribution in [2.45, 2.75) is 109 Å². The summed E-state index contributed by atoms with van der Waals surface area (Å²) in [6.45, 7) is -0.309. The second kappa shape index (κ2) is 24.1. The number of hydrogen-bond acceptors (Lipinski definition) is 4. The Morgan fingerprint density at radius 3 is 1.52 bits per heavy atom. The van der Waals surface area contributed by atoms with E-state index in [0.29, 0.717) is 13.2 Å². The Bertz CT molecular complexity index is 371. The maximum Gasteiger partial charge on any atom is 1.00 e. The van der Waals surface area contributed by atoms with Gasteiger partial charge in [-0.2, -0.15) is 0 Å². The second-order valence-electron chi connectivity index (χ2n) is 7.68. The Hall–Kier alpha value is 1.45. The van der Waals surface area contributed by atoms with E-state index in [1.807, 2.05) is 0 Å². The molecule has 1 atom stereocenters. The molecule has 1 unspecified atom stereocenters. The molecule has 0 radical (unpaired) electrons. The van der Waals surface area contributed by atoms with Crippen LogP contribution in [0.25, 0.3) is 0 Å². The van der Waals surface area contributed by atoms with Crippen molar-refractivity contribution in [3.05, 3.63) is 0 Å². The molecule has 0 aliphatic carbocycles. The molecule has 0 rings (SSSR count). The maximum absolute atomic E-state index is 9.11. The first-order valence-corrected chi connectivity index (χ1v) is 13.9. The Labute approximate surface area is 207 Å². The largest absolute Gasteiger partial charge is 1.00 e. The summed E-state index contributed by atoms with van der Waals surface area (Å²) in [6.07, 6.45) is 19.8. The van der Waals surface area contributed by atoms with E-state index >= 15 is 0 Å². The van der Waals surface area contributed by atoms with Crippen molar-refractivity contribution in [2.24, 2.45) is 0 Å². The molecule has 0 aromatic carbocycles. The summed E-state index contributed by atoms with van der Waals surface area (Å²) in [6, 6.07) is 0. The van der Waals surface area contributed by atoms with E-state index < -0.39 is 6.72 Å². The molecule has 0 fully saturated rings. The second-order valence-corrected chi connectivity index (χ2v) is 10.4. The monoisotopic (exact) mass is 463 g/mol. The van der Waals surface area contributed by atoms with Crippen molar-refractivity contribution >= 4 is 18.5 Å². The summed E-state index contributed by atoms with van der Waals surface area (Å²) in [5.41, 5.74) is 0. The standard InChI is InChI=1S/C21H45O5PS.Na/c1-3-4-5-6-7-8-9-10-11-12-13-14-15-16-17-18-25-21(19-24-2)20-26-27(22,23)28;/h21H,3-20H2,1-2H3,(H2,22,23,28);/q;+1. The Balaban J connectivity index is 0. The number of hydrogen-bond donors (Lipinski definition) is 2. The SMILES string of the molecule is CCCCCCCCCCCCCCCCCOC(COC)COP(O)(O)=S.[Na+]. The summed E-state index contributed by atoms with van der Waals surface area (Å²) < 4.78 is 15.6. The molecular weight excluding hydrogens is 418 g/mol. The van der Waals surface area contributed by atoms with Crippen molar-refractivity contribution < 1.29 is 53.3 Å². The fraction of sp³-hybridized carbons (Fsp3) is 1.00. The molecule has 0 saturated carbocycles. The smallest absolute Gasteiger partial charge is 0.382 e. The maximum atomic E-state index is 9.11. The summed E-state index contributed by atoms with van der Waals surface area (Å²) in [4.78, 5) is 18.2. The van der Waals surface area contributed by atoms with Gasteiger partial charge in [-0.1, -0.05) is 96.8 Å². The van der Waals surface area contributed by atoms with Crippen LogP contribution < -0.4 is 29.6 Å². The van der Waals surface area contributed by atoms with Gasteiger partial charge in [0.2, 0.25) is 0 Å². The summed E-state index contributed by atoms with van der Waals surface area (Å²) in [5, 5.41) is 0. The molecule has 5 nitrogen and oxygen atoms in total. The normalized spacial score (nSPS) is 12.7. The molecular formula is C21H45NaO5PS+. The zero-order valence-corrected chi connectivity index (χ0v) is 23.0. The number of unbranched alkanes of at least 4 members (excludes halogenated alkanes) is 14. The summed E-state index contributed by atoms with van der Waals surface area (Å²) in [7, 11) is 1.58. The molecule has 0 saturated heterocycles. The van der Waals surface area contributed by atoms with Crippen LogP contribution in [0.2, 0.25) is 0 Å². The van der Waals surface area contributed by atoms with Crippen LogP contribution in [-0.2, 0) is 25.8 Å². The van der Waals surface area contributed by atoms with E-state index in [1.54, 1.807) is 7.11 Å². The molecule has 0 aromatic rings. The molecule has 0 aliphatic heterocycles. The van der Waals surface area contributed by atoms with Crippen LogP contribution in [0, 0.1) is 0 Å². The van der Waals surface area contributed by atoms with Crippen molar-refractivity contribution in [1.82, 2.24) is 0 Å². The van der Waals surface area contributed by atoms with Crippen molar-refractivity contribution in [1.29, 1.82) is 0 Å². The zero-order chi connectivity index (χ0) is 20.9. The van der Waals surface area contributed by atoms with Crippen LogP contribution in [0.1, 0.15) is 103 Å². The van der Waals surface area contributed by atoms with Gasteiger partial charge in [0, 0.05) is 13.7 Å². The molecule has 0 aliphatic rings. The molecule has 0 spiro atoms. The first-order valence-electron chi connectivity index (χ1n) is 11.3. The van der Waals surface area contributed by atoms with Gasteiger partial charge in [-0.25, -0.2) is 0 Å². The average molecular weight is 464 g/mol. The van der Waals surface area contributed by atoms with Gasteiger partial charge in [0.25, 0.3) is 0 Å². The third-order valence-corrected chi connectivity index (χ3v) is 5.68. The fourth-order valence-electron chi connectivity index (χ4n) is 3.23. The van der Waals surface area contributed by atoms with E-state index in [9.17, 15) is 0 Å². The van der Waals surface area contributed by atoms with Crippen LogP contribution in [0.3, 0.4) is 0 Å². The minimum absolute atomic E-state index is 0. The van der Waals surface area contributed by atoms with Gasteiger partial charge in [-0.3, -0.25) is 0 Å². The third-order valence-electron chi connectivity index (χ3n) is 4.88. The predicted molar refractivity (Wildman–Crippen MR) is 121 cm³/mol. The molecule has 170 valence electrons. The summed E-state index contributed by atoms with van der Waals surface area (Å²) >= 11 is 4.44. The van der Waals surface area contributed by atoms with Crippen LogP contribution in [0.5, 0.6) is 0 Å². The molecule has 0 amide bonds. The predicted octanol–water partition coefficient (Wildman–Crippen LogP) is 3.12. The molecule has 0 aromatic heterocycles. The molecule has 0 heterocycles. The van der Waals surface area contributed by atoms with Crippen LogP contribution in [-0.4, -0.2) is 42.8 Å². The Morgan fingerprint density at radius 1 is 0.724 bits per heavy atom. The number of methoxy groups -OCH3 is 1. The van der Waals surface area contributed by atoms with Gasteiger partial charge >= 0.3 is 36.3 Å². The minimum atomic E-state index is -3.62. The van der Waals surface area contributed by atoms with E-state index in [4.69, 9.17) is 23.8 Å². The van der Waals surface area contributed by atoms with Crippen molar-refractivity contribution in [3.63, 3.8) is 0 Å². The van der Waals surface area contributed by atoms with Crippen molar-refractivity contribution in [3.8, 4) is 0 Å². The molecule has 2 N–H and O–H groups in total. The molecule has 0 bridgehead atoms. The van der Waals surface area contributed by atoms with Crippen molar-refractivity contribution in [2.75, 3.05) is 26.9 Å². The van der Waals surface area contributed by atoms with Gasteiger partial charge in [0.05, 0.1) is 13.2 Å². The summed E-state index contributed by atoms with van der Waals surface area (Å²) in [5.74, 6) is 0.